The van der Waals surface area contributed by atoms with Crippen molar-refractivity contribution in [3.05, 3.63) is 64.2 Å². The zero-order chi connectivity index (χ0) is 22.1. The molecule has 0 bridgehead atoms. The summed E-state index contributed by atoms with van der Waals surface area (Å²) in [5.41, 5.74) is 1.06. The lowest BCUT2D eigenvalue weighted by molar-refractivity contribution is -0.140. The Kier molecular flexibility index (Phi) is 5.89. The van der Waals surface area contributed by atoms with Gasteiger partial charge in [0.2, 0.25) is 0 Å². The van der Waals surface area contributed by atoms with Gasteiger partial charge in [0.1, 0.15) is 19.0 Å². The van der Waals surface area contributed by atoms with E-state index in [9.17, 15) is 14.7 Å². The lowest BCUT2D eigenvalue weighted by atomic mass is 9.95. The summed E-state index contributed by atoms with van der Waals surface area (Å²) in [5.74, 6) is -0.577. The van der Waals surface area contributed by atoms with Crippen LogP contribution in [0.2, 0.25) is 5.02 Å². The summed E-state index contributed by atoms with van der Waals surface area (Å²) in [4.78, 5) is 29.3. The third-order valence-corrected chi connectivity index (χ3v) is 5.54. The van der Waals surface area contributed by atoms with Gasteiger partial charge in [-0.25, -0.2) is 0 Å². The Morgan fingerprint density at radius 3 is 2.58 bits per heavy atom. The first-order chi connectivity index (χ1) is 14.9. The van der Waals surface area contributed by atoms with Crippen molar-refractivity contribution in [1.82, 2.24) is 9.80 Å². The highest BCUT2D eigenvalue weighted by Gasteiger charge is 2.46. The van der Waals surface area contributed by atoms with Crippen molar-refractivity contribution >= 4 is 29.1 Å². The van der Waals surface area contributed by atoms with Crippen LogP contribution in [-0.4, -0.2) is 67.0 Å². The SMILES string of the molecule is CN(C)CCN1C(=O)C(=O)C(=C(O)c2ccc3c(c2)OCCO3)C1c1cccc(Cl)c1. The smallest absolute Gasteiger partial charge is 0.295 e. The van der Waals surface area contributed by atoms with Crippen molar-refractivity contribution in [1.29, 1.82) is 0 Å². The van der Waals surface area contributed by atoms with Gasteiger partial charge in [0.25, 0.3) is 11.7 Å². The van der Waals surface area contributed by atoms with E-state index in [0.29, 0.717) is 54.0 Å². The number of likely N-dealkylation sites (tertiary alicyclic amines) is 1. The van der Waals surface area contributed by atoms with E-state index in [0.717, 1.165) is 0 Å². The molecule has 0 saturated carbocycles. The van der Waals surface area contributed by atoms with Gasteiger partial charge in [-0.1, -0.05) is 23.7 Å². The minimum atomic E-state index is -0.744. The molecule has 31 heavy (non-hydrogen) atoms. The number of amides is 1. The predicted octanol–water partition coefficient (Wildman–Crippen LogP) is 3.09. The van der Waals surface area contributed by atoms with E-state index in [4.69, 9.17) is 21.1 Å². The number of carbonyl (C=O) groups is 2. The van der Waals surface area contributed by atoms with Crippen LogP contribution in [0.1, 0.15) is 17.2 Å². The first kappa shape index (κ1) is 21.2. The number of likely N-dealkylation sites (N-methyl/N-ethyl adjacent to an activating group) is 1. The topological polar surface area (TPSA) is 79.3 Å². The molecule has 1 unspecified atom stereocenters. The molecule has 2 aromatic carbocycles. The van der Waals surface area contributed by atoms with Crippen molar-refractivity contribution in [3.8, 4) is 11.5 Å². The monoisotopic (exact) mass is 442 g/mol. The number of fused-ring (bicyclic) bond motifs is 1. The second-order valence-electron chi connectivity index (χ2n) is 7.71. The van der Waals surface area contributed by atoms with Crippen molar-refractivity contribution in [2.45, 2.75) is 6.04 Å². The first-order valence-electron chi connectivity index (χ1n) is 9.95. The molecule has 1 atom stereocenters. The summed E-state index contributed by atoms with van der Waals surface area (Å²) in [7, 11) is 3.78. The fraction of sp³-hybridized carbons (Fsp3) is 0.304. The number of nitrogens with zero attached hydrogens (tertiary/aromatic N) is 2. The number of rotatable bonds is 5. The van der Waals surface area contributed by atoms with Gasteiger partial charge in [0.15, 0.2) is 11.5 Å². The fourth-order valence-electron chi connectivity index (χ4n) is 3.79. The molecule has 162 valence electrons. The number of aliphatic hydroxyl groups excluding tert-OH is 1. The third kappa shape index (κ3) is 4.11. The summed E-state index contributed by atoms with van der Waals surface area (Å²) >= 11 is 6.19. The van der Waals surface area contributed by atoms with E-state index in [1.807, 2.05) is 19.0 Å². The standard InChI is InChI=1S/C23H23ClN2O5/c1-25(2)8-9-26-20(14-4-3-5-16(24)12-14)19(22(28)23(26)29)21(27)15-6-7-17-18(13-15)31-11-10-30-17/h3-7,12-13,20,27H,8-11H2,1-2H3. The Hall–Kier alpha value is -3.03. The van der Waals surface area contributed by atoms with E-state index in [2.05, 4.69) is 0 Å². The van der Waals surface area contributed by atoms with Gasteiger partial charge < -0.3 is 24.4 Å². The molecule has 1 amide bonds. The molecule has 0 aromatic heterocycles. The molecule has 0 spiro atoms. The average molecular weight is 443 g/mol. The number of benzene rings is 2. The maximum absolute atomic E-state index is 13.0. The molecule has 2 aliphatic rings. The molecule has 1 saturated heterocycles. The number of Topliss-reactive ketones (excluding diaryl/α,β-unsaturated/α-hetero) is 1. The van der Waals surface area contributed by atoms with Gasteiger partial charge in [0, 0.05) is 23.7 Å². The zero-order valence-electron chi connectivity index (χ0n) is 17.3. The van der Waals surface area contributed by atoms with E-state index in [-0.39, 0.29) is 11.3 Å². The second-order valence-corrected chi connectivity index (χ2v) is 8.15. The van der Waals surface area contributed by atoms with Crippen LogP contribution in [0.25, 0.3) is 5.76 Å². The molecule has 4 rings (SSSR count). The molecule has 1 N–H and O–H groups in total. The van der Waals surface area contributed by atoms with Crippen LogP contribution < -0.4 is 9.47 Å². The second kappa shape index (κ2) is 8.61. The quantitative estimate of drug-likeness (QED) is 0.435. The van der Waals surface area contributed by atoms with Crippen molar-refractivity contribution in [2.24, 2.45) is 0 Å². The highest BCUT2D eigenvalue weighted by atomic mass is 35.5. The molecule has 8 heteroatoms. The molecule has 0 radical (unpaired) electrons. The van der Waals surface area contributed by atoms with Gasteiger partial charge in [-0.15, -0.1) is 0 Å². The Morgan fingerprint density at radius 1 is 1.13 bits per heavy atom. The highest BCUT2D eigenvalue weighted by molar-refractivity contribution is 6.46. The van der Waals surface area contributed by atoms with E-state index >= 15 is 0 Å². The Balaban J connectivity index is 1.83. The van der Waals surface area contributed by atoms with Crippen LogP contribution in [0.4, 0.5) is 0 Å². The number of hydrogen-bond acceptors (Lipinski definition) is 6. The van der Waals surface area contributed by atoms with Crippen LogP contribution in [0.5, 0.6) is 11.5 Å². The minimum Gasteiger partial charge on any atom is -0.507 e. The molecular formula is C23H23ClN2O5. The van der Waals surface area contributed by atoms with Gasteiger partial charge in [-0.3, -0.25) is 9.59 Å². The van der Waals surface area contributed by atoms with Crippen LogP contribution in [0.3, 0.4) is 0 Å². The van der Waals surface area contributed by atoms with E-state index < -0.39 is 17.7 Å². The molecule has 1 fully saturated rings. The molecule has 2 aromatic rings. The van der Waals surface area contributed by atoms with Gasteiger partial charge >= 0.3 is 0 Å². The Labute approximate surface area is 185 Å². The number of halogens is 1. The van der Waals surface area contributed by atoms with Crippen molar-refractivity contribution in [2.75, 3.05) is 40.4 Å². The number of hydrogen-bond donors (Lipinski definition) is 1. The summed E-state index contributed by atoms with van der Waals surface area (Å²) in [6.07, 6.45) is 0. The van der Waals surface area contributed by atoms with E-state index in [1.54, 1.807) is 42.5 Å². The van der Waals surface area contributed by atoms with Crippen LogP contribution in [0, 0.1) is 0 Å². The molecule has 2 aliphatic heterocycles. The third-order valence-electron chi connectivity index (χ3n) is 5.31. The Bertz CT molecular complexity index is 1070. The summed E-state index contributed by atoms with van der Waals surface area (Å²) in [6.45, 7) is 1.74. The van der Waals surface area contributed by atoms with Crippen LogP contribution >= 0.6 is 11.6 Å². The van der Waals surface area contributed by atoms with Gasteiger partial charge in [-0.2, -0.15) is 0 Å². The maximum atomic E-state index is 13.0. The number of ether oxygens (including phenoxy) is 2. The van der Waals surface area contributed by atoms with Gasteiger partial charge in [-0.05, 0) is 50.0 Å². The largest absolute Gasteiger partial charge is 0.507 e. The predicted molar refractivity (Wildman–Crippen MR) is 116 cm³/mol. The molecular weight excluding hydrogens is 420 g/mol. The Morgan fingerprint density at radius 2 is 1.87 bits per heavy atom. The van der Waals surface area contributed by atoms with Crippen LogP contribution in [0.15, 0.2) is 48.0 Å². The summed E-state index contributed by atoms with van der Waals surface area (Å²) in [5, 5.41) is 11.6. The lowest BCUT2D eigenvalue weighted by Gasteiger charge is -2.26. The number of ketones is 1. The summed E-state index contributed by atoms with van der Waals surface area (Å²) in [6, 6.07) is 11.2. The number of carbonyl (C=O) groups excluding carboxylic acids is 2. The minimum absolute atomic E-state index is 0.0303. The van der Waals surface area contributed by atoms with Crippen LogP contribution in [-0.2, 0) is 9.59 Å². The highest BCUT2D eigenvalue weighted by Crippen LogP contribution is 2.41. The fourth-order valence-corrected chi connectivity index (χ4v) is 3.99. The lowest BCUT2D eigenvalue weighted by Crippen LogP contribution is -2.35. The first-order valence-corrected chi connectivity index (χ1v) is 10.3. The zero-order valence-corrected chi connectivity index (χ0v) is 18.1. The maximum Gasteiger partial charge on any atom is 0.295 e. The van der Waals surface area contributed by atoms with Crippen molar-refractivity contribution < 1.29 is 24.2 Å². The van der Waals surface area contributed by atoms with E-state index in [1.165, 1.54) is 4.90 Å². The summed E-state index contributed by atoms with van der Waals surface area (Å²) < 4.78 is 11.1. The normalized spacial score (nSPS) is 19.9. The molecule has 0 aliphatic carbocycles. The molecule has 7 nitrogen and oxygen atoms in total. The van der Waals surface area contributed by atoms with Gasteiger partial charge in [0.05, 0.1) is 11.6 Å². The van der Waals surface area contributed by atoms with Crippen molar-refractivity contribution in [3.63, 3.8) is 0 Å². The molecule has 2 heterocycles. The number of aliphatic hydroxyl groups is 1. The average Bonchev–Trinajstić information content (AvgIpc) is 3.01.